The van der Waals surface area contributed by atoms with E-state index in [2.05, 4.69) is 60.7 Å². The molecule has 2 unspecified atom stereocenters. The molecule has 0 radical (unpaired) electrons. The highest BCUT2D eigenvalue weighted by molar-refractivity contribution is 5.74. The van der Waals surface area contributed by atoms with E-state index in [-0.39, 0.29) is 0 Å². The van der Waals surface area contributed by atoms with Crippen molar-refractivity contribution >= 4 is 12.2 Å². The van der Waals surface area contributed by atoms with E-state index in [9.17, 15) is 0 Å². The highest BCUT2D eigenvalue weighted by atomic mass is 14.3. The Morgan fingerprint density at radius 2 is 1.50 bits per heavy atom. The molecule has 20 heavy (non-hydrogen) atoms. The van der Waals surface area contributed by atoms with Gasteiger partial charge < -0.3 is 0 Å². The lowest BCUT2D eigenvalue weighted by Gasteiger charge is -2.34. The van der Waals surface area contributed by atoms with Crippen LogP contribution in [0.1, 0.15) is 50.3 Å². The number of rotatable bonds is 0. The predicted molar refractivity (Wildman–Crippen MR) is 90.7 cm³/mol. The summed E-state index contributed by atoms with van der Waals surface area (Å²) in [6.45, 7) is 8.00. The molecule has 3 aliphatic rings. The van der Waals surface area contributed by atoms with Crippen LogP contribution >= 0.6 is 0 Å². The second-order valence-electron chi connectivity index (χ2n) is 4.65. The van der Waals surface area contributed by atoms with Crippen LogP contribution in [0, 0.1) is 5.92 Å². The lowest BCUT2D eigenvalue weighted by Crippen LogP contribution is -2.20. The van der Waals surface area contributed by atoms with Gasteiger partial charge in [-0.25, -0.2) is 0 Å². The quantitative estimate of drug-likeness (QED) is 0.540. The van der Waals surface area contributed by atoms with Gasteiger partial charge in [0.05, 0.1) is 0 Å². The summed E-state index contributed by atoms with van der Waals surface area (Å²) >= 11 is 0. The van der Waals surface area contributed by atoms with Crippen LogP contribution < -0.4 is 0 Å². The lowest BCUT2D eigenvalue weighted by atomic mass is 9.69. The minimum atomic E-state index is 0.554. The first kappa shape index (κ1) is 14.6. The van der Waals surface area contributed by atoms with Crippen LogP contribution in [0.4, 0.5) is 0 Å². The first-order valence-corrected chi connectivity index (χ1v) is 7.81. The minimum absolute atomic E-state index is 0.554. The van der Waals surface area contributed by atoms with Crippen molar-refractivity contribution in [3.8, 4) is 0 Å². The Labute approximate surface area is 123 Å². The van der Waals surface area contributed by atoms with E-state index in [1.54, 1.807) is 0 Å². The Morgan fingerprint density at radius 3 is 2.25 bits per heavy atom. The molecule has 0 aliphatic heterocycles. The van der Waals surface area contributed by atoms with Gasteiger partial charge in [-0.3, -0.25) is 0 Å². The molecular formula is C20H24. The Hall–Kier alpha value is -1.82. The van der Waals surface area contributed by atoms with Gasteiger partial charge in [0, 0.05) is 11.8 Å². The van der Waals surface area contributed by atoms with Crippen molar-refractivity contribution in [2.45, 2.75) is 33.6 Å². The van der Waals surface area contributed by atoms with E-state index in [4.69, 9.17) is 0 Å². The highest BCUT2D eigenvalue weighted by Gasteiger charge is 2.31. The van der Waals surface area contributed by atoms with Gasteiger partial charge >= 0.3 is 0 Å². The SMILES string of the molecule is C1=CC2C=Cc3cccc4c3C2C(=C1)C=C4.CC.CC. The molecule has 0 spiro atoms. The molecule has 2 atom stereocenters. The summed E-state index contributed by atoms with van der Waals surface area (Å²) in [5, 5.41) is 0. The molecule has 1 aromatic carbocycles. The molecule has 0 fully saturated rings. The highest BCUT2D eigenvalue weighted by Crippen LogP contribution is 2.46. The van der Waals surface area contributed by atoms with Crippen molar-refractivity contribution in [2.75, 3.05) is 0 Å². The molecule has 0 nitrogen and oxygen atoms in total. The number of allylic oxidation sites excluding steroid dienone is 6. The van der Waals surface area contributed by atoms with Crippen molar-refractivity contribution < 1.29 is 0 Å². The molecule has 0 bridgehead atoms. The second-order valence-corrected chi connectivity index (χ2v) is 4.65. The van der Waals surface area contributed by atoms with Crippen LogP contribution in [-0.2, 0) is 0 Å². The third kappa shape index (κ3) is 2.31. The summed E-state index contributed by atoms with van der Waals surface area (Å²) in [7, 11) is 0. The normalized spacial score (nSPS) is 22.7. The molecule has 0 heterocycles. The maximum absolute atomic E-state index is 2.33. The first-order chi connectivity index (χ1) is 9.93. The largest absolute Gasteiger partial charge is 0.0767 e. The van der Waals surface area contributed by atoms with Gasteiger partial charge in [0.25, 0.3) is 0 Å². The maximum atomic E-state index is 2.33. The molecule has 1 aromatic rings. The molecule has 4 rings (SSSR count). The van der Waals surface area contributed by atoms with Gasteiger partial charge in [0.1, 0.15) is 0 Å². The summed E-state index contributed by atoms with van der Waals surface area (Å²) in [6, 6.07) is 6.60. The van der Waals surface area contributed by atoms with E-state index in [0.717, 1.165) is 0 Å². The van der Waals surface area contributed by atoms with E-state index in [1.165, 1.54) is 22.3 Å². The summed E-state index contributed by atoms with van der Waals surface area (Å²) in [5.74, 6) is 1.12. The monoisotopic (exact) mass is 264 g/mol. The zero-order chi connectivity index (χ0) is 14.5. The van der Waals surface area contributed by atoms with Crippen LogP contribution in [0.3, 0.4) is 0 Å². The van der Waals surface area contributed by atoms with Gasteiger partial charge in [0.15, 0.2) is 0 Å². The van der Waals surface area contributed by atoms with E-state index in [0.29, 0.717) is 11.8 Å². The van der Waals surface area contributed by atoms with Crippen LogP contribution in [0.5, 0.6) is 0 Å². The van der Waals surface area contributed by atoms with Gasteiger partial charge in [-0.2, -0.15) is 0 Å². The van der Waals surface area contributed by atoms with Crippen molar-refractivity contribution in [3.05, 3.63) is 70.8 Å². The first-order valence-electron chi connectivity index (χ1n) is 7.81. The smallest absolute Gasteiger partial charge is 0.0199 e. The van der Waals surface area contributed by atoms with Crippen molar-refractivity contribution in [3.63, 3.8) is 0 Å². The number of hydrogen-bond acceptors (Lipinski definition) is 0. The van der Waals surface area contributed by atoms with E-state index >= 15 is 0 Å². The fourth-order valence-corrected chi connectivity index (χ4v) is 3.08. The average Bonchev–Trinajstić information content (AvgIpc) is 2.57. The second kappa shape index (κ2) is 6.56. The zero-order valence-electron chi connectivity index (χ0n) is 12.9. The average molecular weight is 264 g/mol. The Morgan fingerprint density at radius 1 is 0.800 bits per heavy atom. The van der Waals surface area contributed by atoms with Gasteiger partial charge in [0.2, 0.25) is 0 Å². The molecular weight excluding hydrogens is 240 g/mol. The molecule has 0 heteroatoms. The number of benzene rings is 1. The maximum Gasteiger partial charge on any atom is 0.0199 e. The zero-order valence-corrected chi connectivity index (χ0v) is 12.9. The molecule has 104 valence electrons. The summed E-state index contributed by atoms with van der Waals surface area (Å²) in [5.41, 5.74) is 5.76. The Balaban J connectivity index is 0.000000340. The molecule has 0 amide bonds. The Bertz CT molecular complexity index is 582. The molecule has 3 aliphatic carbocycles. The van der Waals surface area contributed by atoms with Crippen LogP contribution in [-0.4, -0.2) is 0 Å². The lowest BCUT2D eigenvalue weighted by molar-refractivity contribution is 0.664. The van der Waals surface area contributed by atoms with Gasteiger partial charge in [-0.05, 0) is 22.3 Å². The predicted octanol–water partition coefficient (Wildman–Crippen LogP) is 5.99. The standard InChI is InChI=1S/C16H12.2C2H6/c1-3-11-7-9-13-5-2-6-14-10-8-12(4-1)15(11)16(13)14;2*1-2/h1-11,15H;2*1-2H3. The minimum Gasteiger partial charge on any atom is -0.0767 e. The molecule has 0 saturated carbocycles. The topological polar surface area (TPSA) is 0 Å². The fourth-order valence-electron chi connectivity index (χ4n) is 3.08. The summed E-state index contributed by atoms with van der Waals surface area (Å²) in [6.07, 6.45) is 15.9. The van der Waals surface area contributed by atoms with Gasteiger partial charge in [-0.15, -0.1) is 0 Å². The molecule has 0 saturated heterocycles. The Kier molecular flexibility index (Phi) is 4.79. The van der Waals surface area contributed by atoms with Crippen molar-refractivity contribution in [1.82, 2.24) is 0 Å². The number of hydrogen-bond donors (Lipinski definition) is 0. The third-order valence-electron chi connectivity index (χ3n) is 3.80. The van der Waals surface area contributed by atoms with E-state index < -0.39 is 0 Å². The van der Waals surface area contributed by atoms with Gasteiger partial charge in [-0.1, -0.05) is 88.4 Å². The van der Waals surface area contributed by atoms with Crippen molar-refractivity contribution in [2.24, 2.45) is 5.92 Å². The summed E-state index contributed by atoms with van der Waals surface area (Å²) in [4.78, 5) is 0. The summed E-state index contributed by atoms with van der Waals surface area (Å²) < 4.78 is 0. The molecule has 0 N–H and O–H groups in total. The molecule has 0 aromatic heterocycles. The van der Waals surface area contributed by atoms with Crippen molar-refractivity contribution in [1.29, 1.82) is 0 Å². The third-order valence-corrected chi connectivity index (χ3v) is 3.80. The van der Waals surface area contributed by atoms with Crippen LogP contribution in [0.25, 0.3) is 12.2 Å². The van der Waals surface area contributed by atoms with E-state index in [1.807, 2.05) is 27.7 Å². The van der Waals surface area contributed by atoms with Crippen LogP contribution in [0.15, 0.2) is 54.2 Å². The fraction of sp³-hybridized carbons (Fsp3) is 0.300. The van der Waals surface area contributed by atoms with Crippen LogP contribution in [0.2, 0.25) is 0 Å².